The minimum Gasteiger partial charge on any atom is -0.490 e. The van der Waals surface area contributed by atoms with Gasteiger partial charge in [-0.3, -0.25) is 0 Å². The first-order valence-corrected chi connectivity index (χ1v) is 9.62. The molecule has 1 aromatic heterocycles. The average molecular weight is 383 g/mol. The number of rotatable bonds is 8. The molecule has 0 bridgehead atoms. The summed E-state index contributed by atoms with van der Waals surface area (Å²) < 4.78 is 16.1. The first kappa shape index (κ1) is 19.0. The fourth-order valence-electron chi connectivity index (χ4n) is 2.51. The van der Waals surface area contributed by atoms with Crippen LogP contribution in [0.5, 0.6) is 5.75 Å². The highest BCUT2D eigenvalue weighted by Gasteiger charge is 2.15. The van der Waals surface area contributed by atoms with Crippen LogP contribution in [0.2, 0.25) is 0 Å². The van der Waals surface area contributed by atoms with Crippen LogP contribution in [0.15, 0.2) is 64.0 Å². The Labute approximate surface area is 162 Å². The number of esters is 1. The van der Waals surface area contributed by atoms with Gasteiger partial charge in [0.25, 0.3) is 0 Å². The number of ether oxygens (including phenoxy) is 2. The first-order valence-electron chi connectivity index (χ1n) is 8.63. The molecule has 1 heterocycles. The maximum Gasteiger partial charge on any atom is 0.339 e. The highest BCUT2D eigenvalue weighted by molar-refractivity contribution is 7.98. The molecule has 0 radical (unpaired) electrons. The summed E-state index contributed by atoms with van der Waals surface area (Å²) in [6.45, 7) is 4.31. The standard InChI is InChI=1S/C21H21NO4S/c1-15-19(16(2)26-22-15)14-27-20-11-7-6-10-18(20)21(23)25-13-12-24-17-8-4-3-5-9-17/h3-11H,12-14H2,1-2H3. The minimum absolute atomic E-state index is 0.191. The summed E-state index contributed by atoms with van der Waals surface area (Å²) >= 11 is 1.57. The number of hydrogen-bond acceptors (Lipinski definition) is 6. The molecule has 0 amide bonds. The lowest BCUT2D eigenvalue weighted by Gasteiger charge is -2.10. The van der Waals surface area contributed by atoms with Gasteiger partial charge in [-0.15, -0.1) is 11.8 Å². The zero-order valence-corrected chi connectivity index (χ0v) is 16.1. The van der Waals surface area contributed by atoms with Crippen LogP contribution in [-0.4, -0.2) is 24.3 Å². The van der Waals surface area contributed by atoms with E-state index in [0.29, 0.717) is 17.9 Å². The number of aryl methyl sites for hydroxylation is 2. The van der Waals surface area contributed by atoms with E-state index in [2.05, 4.69) is 5.16 Å². The van der Waals surface area contributed by atoms with Crippen molar-refractivity contribution in [2.45, 2.75) is 24.5 Å². The van der Waals surface area contributed by atoms with Crippen molar-refractivity contribution < 1.29 is 18.8 Å². The molecule has 0 aliphatic rings. The number of carbonyl (C=O) groups excluding carboxylic acids is 1. The van der Waals surface area contributed by atoms with Gasteiger partial charge in [-0.25, -0.2) is 4.79 Å². The summed E-state index contributed by atoms with van der Waals surface area (Å²) in [4.78, 5) is 13.3. The monoisotopic (exact) mass is 383 g/mol. The normalized spacial score (nSPS) is 10.6. The largest absolute Gasteiger partial charge is 0.490 e. The van der Waals surface area contributed by atoms with E-state index in [4.69, 9.17) is 14.0 Å². The summed E-state index contributed by atoms with van der Waals surface area (Å²) in [7, 11) is 0. The number of thioether (sulfide) groups is 1. The van der Waals surface area contributed by atoms with E-state index in [9.17, 15) is 4.79 Å². The van der Waals surface area contributed by atoms with Gasteiger partial charge >= 0.3 is 5.97 Å². The zero-order valence-electron chi connectivity index (χ0n) is 15.3. The van der Waals surface area contributed by atoms with Crippen LogP contribution < -0.4 is 4.74 Å². The molecule has 0 saturated carbocycles. The van der Waals surface area contributed by atoms with Crippen molar-refractivity contribution in [2.75, 3.05) is 13.2 Å². The number of hydrogen-bond donors (Lipinski definition) is 0. The summed E-state index contributed by atoms with van der Waals surface area (Å²) in [5.41, 5.74) is 2.48. The van der Waals surface area contributed by atoms with Crippen LogP contribution in [0, 0.1) is 13.8 Å². The second-order valence-corrected chi connectivity index (χ2v) is 6.90. The van der Waals surface area contributed by atoms with E-state index in [0.717, 1.165) is 27.7 Å². The molecule has 140 valence electrons. The average Bonchev–Trinajstić information content (AvgIpc) is 3.02. The Balaban J connectivity index is 1.55. The van der Waals surface area contributed by atoms with Gasteiger partial charge in [-0.05, 0) is 38.1 Å². The molecule has 3 rings (SSSR count). The zero-order chi connectivity index (χ0) is 19.1. The molecular weight excluding hydrogens is 362 g/mol. The first-order chi connectivity index (χ1) is 13.1. The van der Waals surface area contributed by atoms with Gasteiger partial charge in [-0.2, -0.15) is 0 Å². The molecule has 0 spiro atoms. The Morgan fingerprint density at radius 2 is 1.78 bits per heavy atom. The SMILES string of the molecule is Cc1noc(C)c1CSc1ccccc1C(=O)OCCOc1ccccc1. The summed E-state index contributed by atoms with van der Waals surface area (Å²) in [5.74, 6) is 1.89. The second-order valence-electron chi connectivity index (χ2n) is 5.88. The third kappa shape index (κ3) is 5.14. The predicted octanol–water partition coefficient (Wildman–Crippen LogP) is 4.82. The number of para-hydroxylation sites is 1. The Kier molecular flexibility index (Phi) is 6.54. The van der Waals surface area contributed by atoms with Gasteiger partial charge in [0.15, 0.2) is 0 Å². The number of aromatic nitrogens is 1. The molecule has 2 aromatic carbocycles. The number of nitrogens with zero attached hydrogens (tertiary/aromatic N) is 1. The molecule has 0 saturated heterocycles. The lowest BCUT2D eigenvalue weighted by Crippen LogP contribution is -2.13. The maximum atomic E-state index is 12.5. The smallest absolute Gasteiger partial charge is 0.339 e. The van der Waals surface area contributed by atoms with Crippen molar-refractivity contribution >= 4 is 17.7 Å². The molecule has 0 aliphatic carbocycles. The van der Waals surface area contributed by atoms with Gasteiger partial charge < -0.3 is 14.0 Å². The highest BCUT2D eigenvalue weighted by Crippen LogP contribution is 2.29. The second kappa shape index (κ2) is 9.28. The van der Waals surface area contributed by atoms with Gasteiger partial charge in [0.05, 0.1) is 11.3 Å². The molecule has 0 fully saturated rings. The van der Waals surface area contributed by atoms with Gasteiger partial charge in [0.2, 0.25) is 0 Å². The molecule has 6 heteroatoms. The minimum atomic E-state index is -0.353. The van der Waals surface area contributed by atoms with Gasteiger partial charge in [0, 0.05) is 16.2 Å². The van der Waals surface area contributed by atoms with Crippen molar-refractivity contribution in [3.63, 3.8) is 0 Å². The van der Waals surface area contributed by atoms with Crippen molar-refractivity contribution in [1.82, 2.24) is 5.16 Å². The van der Waals surface area contributed by atoms with Crippen LogP contribution in [0.3, 0.4) is 0 Å². The van der Waals surface area contributed by atoms with E-state index in [-0.39, 0.29) is 12.6 Å². The Hall–Kier alpha value is -2.73. The molecule has 0 atom stereocenters. The summed E-state index contributed by atoms with van der Waals surface area (Å²) in [6.07, 6.45) is 0. The maximum absolute atomic E-state index is 12.5. The molecule has 0 N–H and O–H groups in total. The summed E-state index contributed by atoms with van der Waals surface area (Å²) in [5, 5.41) is 3.97. The van der Waals surface area contributed by atoms with Crippen LogP contribution in [0.4, 0.5) is 0 Å². The van der Waals surface area contributed by atoms with Crippen LogP contribution in [0.25, 0.3) is 0 Å². The Bertz CT molecular complexity index is 873. The van der Waals surface area contributed by atoms with E-state index in [1.807, 2.05) is 62.4 Å². The third-order valence-electron chi connectivity index (χ3n) is 3.99. The lowest BCUT2D eigenvalue weighted by molar-refractivity contribution is 0.0446. The van der Waals surface area contributed by atoms with Crippen LogP contribution in [-0.2, 0) is 10.5 Å². The highest BCUT2D eigenvalue weighted by atomic mass is 32.2. The molecule has 5 nitrogen and oxygen atoms in total. The Morgan fingerprint density at radius 1 is 1.04 bits per heavy atom. The number of carbonyl (C=O) groups is 1. The van der Waals surface area contributed by atoms with Crippen molar-refractivity contribution in [3.8, 4) is 5.75 Å². The van der Waals surface area contributed by atoms with Gasteiger partial charge in [-0.1, -0.05) is 35.5 Å². The number of benzene rings is 2. The lowest BCUT2D eigenvalue weighted by atomic mass is 10.2. The van der Waals surface area contributed by atoms with E-state index < -0.39 is 0 Å². The fourth-order valence-corrected chi connectivity index (χ4v) is 3.70. The topological polar surface area (TPSA) is 61.6 Å². The molecule has 0 unspecified atom stereocenters. The molecule has 0 aliphatic heterocycles. The van der Waals surface area contributed by atoms with E-state index in [1.165, 1.54) is 0 Å². The summed E-state index contributed by atoms with van der Waals surface area (Å²) in [6, 6.07) is 16.9. The Morgan fingerprint density at radius 3 is 2.52 bits per heavy atom. The van der Waals surface area contributed by atoms with Crippen molar-refractivity contribution in [1.29, 1.82) is 0 Å². The van der Waals surface area contributed by atoms with E-state index >= 15 is 0 Å². The van der Waals surface area contributed by atoms with Crippen LogP contribution >= 0.6 is 11.8 Å². The fraction of sp³-hybridized carbons (Fsp3) is 0.238. The quantitative estimate of drug-likeness (QED) is 0.316. The van der Waals surface area contributed by atoms with Crippen molar-refractivity contribution in [2.24, 2.45) is 0 Å². The van der Waals surface area contributed by atoms with Crippen LogP contribution in [0.1, 0.15) is 27.4 Å². The van der Waals surface area contributed by atoms with Gasteiger partial charge in [0.1, 0.15) is 24.7 Å². The van der Waals surface area contributed by atoms with Crippen molar-refractivity contribution in [3.05, 3.63) is 77.2 Å². The molecule has 3 aromatic rings. The molecule has 27 heavy (non-hydrogen) atoms. The third-order valence-corrected chi connectivity index (χ3v) is 5.09. The van der Waals surface area contributed by atoms with E-state index in [1.54, 1.807) is 17.8 Å². The molecular formula is C21H21NO4S. The predicted molar refractivity (Wildman–Crippen MR) is 104 cm³/mol.